The lowest BCUT2D eigenvalue weighted by atomic mass is 10.3. The first kappa shape index (κ1) is 6.12. The summed E-state index contributed by atoms with van der Waals surface area (Å²) in [6.45, 7) is 1.94. The van der Waals surface area contributed by atoms with Crippen LogP contribution in [0.5, 0.6) is 0 Å². The van der Waals surface area contributed by atoms with Gasteiger partial charge in [-0.2, -0.15) is 0 Å². The van der Waals surface area contributed by atoms with E-state index in [0.29, 0.717) is 19.8 Å². The molecular formula is C6H9NO3. The van der Waals surface area contributed by atoms with Crippen LogP contribution in [0.4, 0.5) is 0 Å². The highest BCUT2D eigenvalue weighted by atomic mass is 16.7. The zero-order chi connectivity index (χ0) is 6.81. The predicted molar refractivity (Wildman–Crippen MR) is 33.9 cm³/mol. The Balaban J connectivity index is 1.91. The van der Waals surface area contributed by atoms with E-state index in [4.69, 9.17) is 14.2 Å². The predicted octanol–water partition coefficient (Wildman–Crippen LogP) is -0.214. The van der Waals surface area contributed by atoms with Crippen LogP contribution >= 0.6 is 0 Å². The highest BCUT2D eigenvalue weighted by Crippen LogP contribution is 2.13. The molecule has 0 spiro atoms. The Morgan fingerprint density at radius 2 is 2.10 bits per heavy atom. The summed E-state index contributed by atoms with van der Waals surface area (Å²) in [6, 6.07) is 0.0579. The lowest BCUT2D eigenvalue weighted by molar-refractivity contribution is -0.0615. The lowest BCUT2D eigenvalue weighted by Gasteiger charge is -2.11. The smallest absolute Gasteiger partial charge is 0.183 e. The fourth-order valence-electron chi connectivity index (χ4n) is 1.05. The van der Waals surface area contributed by atoms with Crippen LogP contribution in [0.15, 0.2) is 4.99 Å². The Kier molecular flexibility index (Phi) is 1.56. The Morgan fingerprint density at radius 3 is 2.70 bits per heavy atom. The third-order valence-corrected chi connectivity index (χ3v) is 1.56. The molecule has 0 N–H and O–H groups in total. The zero-order valence-corrected chi connectivity index (χ0v) is 5.53. The molecule has 0 saturated carbocycles. The Morgan fingerprint density at radius 1 is 1.30 bits per heavy atom. The van der Waals surface area contributed by atoms with Gasteiger partial charge in [0.15, 0.2) is 12.7 Å². The van der Waals surface area contributed by atoms with Crippen LogP contribution in [0, 0.1) is 0 Å². The van der Waals surface area contributed by atoms with Gasteiger partial charge in [-0.05, 0) is 0 Å². The van der Waals surface area contributed by atoms with E-state index in [-0.39, 0.29) is 12.3 Å². The first-order valence-electron chi connectivity index (χ1n) is 3.33. The molecule has 0 aliphatic carbocycles. The summed E-state index contributed by atoms with van der Waals surface area (Å²) >= 11 is 0. The van der Waals surface area contributed by atoms with Crippen molar-refractivity contribution in [3.63, 3.8) is 0 Å². The van der Waals surface area contributed by atoms with E-state index in [2.05, 4.69) is 4.99 Å². The normalized spacial score (nSPS) is 33.0. The van der Waals surface area contributed by atoms with Gasteiger partial charge in [0.2, 0.25) is 0 Å². The average molecular weight is 143 g/mol. The molecule has 0 aromatic heterocycles. The summed E-state index contributed by atoms with van der Waals surface area (Å²) in [6.07, 6.45) is 1.29. The summed E-state index contributed by atoms with van der Waals surface area (Å²) in [5, 5.41) is 0. The minimum atomic E-state index is -0.168. The van der Waals surface area contributed by atoms with Gasteiger partial charge in [0.05, 0.1) is 13.2 Å². The second kappa shape index (κ2) is 2.56. The number of aliphatic imine (C=N–C) groups is 1. The quantitative estimate of drug-likeness (QED) is 0.509. The maximum absolute atomic E-state index is 5.22. The Bertz CT molecular complexity index is 142. The summed E-state index contributed by atoms with van der Waals surface area (Å²) in [7, 11) is 0. The van der Waals surface area contributed by atoms with E-state index in [0.717, 1.165) is 0 Å². The molecule has 2 heterocycles. The van der Waals surface area contributed by atoms with E-state index in [1.54, 1.807) is 0 Å². The van der Waals surface area contributed by atoms with E-state index in [1.807, 2.05) is 0 Å². The second-order valence-electron chi connectivity index (χ2n) is 2.27. The van der Waals surface area contributed by atoms with Crippen LogP contribution in [-0.4, -0.2) is 38.6 Å². The molecule has 2 aliphatic heterocycles. The molecule has 1 unspecified atom stereocenters. The van der Waals surface area contributed by atoms with Gasteiger partial charge in [0.25, 0.3) is 0 Å². The summed E-state index contributed by atoms with van der Waals surface area (Å²) < 4.78 is 15.4. The van der Waals surface area contributed by atoms with Gasteiger partial charge in [-0.15, -0.1) is 0 Å². The molecule has 0 aromatic carbocycles. The van der Waals surface area contributed by atoms with Crippen molar-refractivity contribution >= 4 is 6.40 Å². The molecule has 10 heavy (non-hydrogen) atoms. The SMILES string of the molecule is C1=NC(C2OCCO2)CO1. The average Bonchev–Trinajstić information content (AvgIpc) is 2.59. The molecule has 1 saturated heterocycles. The maximum atomic E-state index is 5.22. The molecule has 1 atom stereocenters. The molecule has 56 valence electrons. The number of ether oxygens (including phenoxy) is 3. The first-order valence-corrected chi connectivity index (χ1v) is 3.33. The molecule has 4 nitrogen and oxygen atoms in total. The van der Waals surface area contributed by atoms with Crippen molar-refractivity contribution in [2.45, 2.75) is 12.3 Å². The van der Waals surface area contributed by atoms with Crippen LogP contribution < -0.4 is 0 Å². The van der Waals surface area contributed by atoms with Crippen molar-refractivity contribution in [1.82, 2.24) is 0 Å². The number of nitrogens with zero attached hydrogens (tertiary/aromatic N) is 1. The third-order valence-electron chi connectivity index (χ3n) is 1.56. The van der Waals surface area contributed by atoms with Crippen molar-refractivity contribution in [3.8, 4) is 0 Å². The third kappa shape index (κ3) is 0.998. The Labute approximate surface area is 58.8 Å². The largest absolute Gasteiger partial charge is 0.481 e. The van der Waals surface area contributed by atoms with Gasteiger partial charge in [-0.3, -0.25) is 0 Å². The molecular weight excluding hydrogens is 134 g/mol. The van der Waals surface area contributed by atoms with Crippen molar-refractivity contribution in [3.05, 3.63) is 0 Å². The minimum Gasteiger partial charge on any atom is -0.481 e. The summed E-state index contributed by atoms with van der Waals surface area (Å²) in [5.41, 5.74) is 0. The van der Waals surface area contributed by atoms with E-state index in [9.17, 15) is 0 Å². The van der Waals surface area contributed by atoms with Gasteiger partial charge < -0.3 is 14.2 Å². The van der Waals surface area contributed by atoms with E-state index >= 15 is 0 Å². The molecule has 0 aromatic rings. The molecule has 2 aliphatic rings. The van der Waals surface area contributed by atoms with Crippen LogP contribution in [0.3, 0.4) is 0 Å². The molecule has 0 bridgehead atoms. The molecule has 4 heteroatoms. The fourth-order valence-corrected chi connectivity index (χ4v) is 1.05. The Hall–Kier alpha value is -0.610. The summed E-state index contributed by atoms with van der Waals surface area (Å²) in [4.78, 5) is 4.02. The minimum absolute atomic E-state index is 0.0579. The van der Waals surface area contributed by atoms with Crippen molar-refractivity contribution < 1.29 is 14.2 Å². The molecule has 0 amide bonds. The van der Waals surface area contributed by atoms with Gasteiger partial charge in [0.1, 0.15) is 12.6 Å². The van der Waals surface area contributed by atoms with Crippen LogP contribution in [-0.2, 0) is 14.2 Å². The molecule has 2 rings (SSSR count). The van der Waals surface area contributed by atoms with Crippen LogP contribution in [0.2, 0.25) is 0 Å². The van der Waals surface area contributed by atoms with Crippen molar-refractivity contribution in [1.29, 1.82) is 0 Å². The van der Waals surface area contributed by atoms with Crippen LogP contribution in [0.25, 0.3) is 0 Å². The number of hydrogen-bond donors (Lipinski definition) is 0. The number of hydrogen-bond acceptors (Lipinski definition) is 4. The topological polar surface area (TPSA) is 40.0 Å². The summed E-state index contributed by atoms with van der Waals surface area (Å²) in [5.74, 6) is 0. The van der Waals surface area contributed by atoms with Gasteiger partial charge in [-0.25, -0.2) is 4.99 Å². The van der Waals surface area contributed by atoms with Crippen molar-refractivity contribution in [2.75, 3.05) is 19.8 Å². The zero-order valence-electron chi connectivity index (χ0n) is 5.53. The standard InChI is InChI=1S/C6H9NO3/c1-2-10-6(9-1)5-3-8-4-7-5/h4-6H,1-3H2. The molecule has 0 radical (unpaired) electrons. The second-order valence-corrected chi connectivity index (χ2v) is 2.27. The van der Waals surface area contributed by atoms with Gasteiger partial charge in [-0.1, -0.05) is 0 Å². The number of rotatable bonds is 1. The molecule has 1 fully saturated rings. The van der Waals surface area contributed by atoms with Gasteiger partial charge in [0, 0.05) is 0 Å². The van der Waals surface area contributed by atoms with E-state index in [1.165, 1.54) is 6.40 Å². The van der Waals surface area contributed by atoms with Crippen LogP contribution in [0.1, 0.15) is 0 Å². The lowest BCUT2D eigenvalue weighted by Crippen LogP contribution is -2.26. The van der Waals surface area contributed by atoms with Gasteiger partial charge >= 0.3 is 0 Å². The maximum Gasteiger partial charge on any atom is 0.183 e. The highest BCUT2D eigenvalue weighted by Gasteiger charge is 2.28. The first-order chi connectivity index (χ1) is 4.97. The monoisotopic (exact) mass is 143 g/mol. The van der Waals surface area contributed by atoms with E-state index < -0.39 is 0 Å². The highest BCUT2D eigenvalue weighted by molar-refractivity contribution is 5.49. The van der Waals surface area contributed by atoms with Crippen molar-refractivity contribution in [2.24, 2.45) is 4.99 Å². The fraction of sp³-hybridized carbons (Fsp3) is 0.833.